The molecule has 6 rings (SSSR count). The molecule has 0 aromatic rings. The zero-order valence-electron chi connectivity index (χ0n) is 18.3. The predicted octanol–water partition coefficient (Wildman–Crippen LogP) is 2.10. The minimum Gasteiger partial charge on any atom is -0.469 e. The lowest BCUT2D eigenvalue weighted by molar-refractivity contribution is -0.192. The number of fused-ring (bicyclic) bond motifs is 4. The van der Waals surface area contributed by atoms with Gasteiger partial charge in [0.2, 0.25) is 0 Å². The van der Waals surface area contributed by atoms with E-state index in [1.54, 1.807) is 6.08 Å². The number of hydrogen-bond donors (Lipinski definition) is 1. The monoisotopic (exact) mass is 430 g/mol. The number of methoxy groups -OCH3 is 1. The molecule has 5 fully saturated rings. The summed E-state index contributed by atoms with van der Waals surface area (Å²) in [4.78, 5) is 37.4. The van der Waals surface area contributed by atoms with E-state index in [2.05, 4.69) is 6.92 Å². The fraction of sp³-hybridized carbons (Fsp3) is 0.792. The first-order valence-corrected chi connectivity index (χ1v) is 11.5. The summed E-state index contributed by atoms with van der Waals surface area (Å²) in [7, 11) is 1.40. The Morgan fingerprint density at radius 2 is 1.97 bits per heavy atom. The van der Waals surface area contributed by atoms with E-state index in [0.717, 1.165) is 12.0 Å². The zero-order chi connectivity index (χ0) is 22.0. The van der Waals surface area contributed by atoms with Crippen LogP contribution in [-0.2, 0) is 28.6 Å². The average Bonchev–Trinajstić information content (AvgIpc) is 3.28. The Balaban J connectivity index is 1.52. The third-order valence-corrected chi connectivity index (χ3v) is 10.3. The van der Waals surface area contributed by atoms with Crippen LogP contribution in [0.25, 0.3) is 0 Å². The van der Waals surface area contributed by atoms with Gasteiger partial charge in [0.15, 0.2) is 5.78 Å². The Morgan fingerprint density at radius 3 is 2.65 bits per heavy atom. The van der Waals surface area contributed by atoms with E-state index in [4.69, 9.17) is 14.2 Å². The van der Waals surface area contributed by atoms with E-state index in [0.29, 0.717) is 38.5 Å². The van der Waals surface area contributed by atoms with Crippen molar-refractivity contribution in [3.8, 4) is 0 Å². The summed E-state index contributed by atoms with van der Waals surface area (Å²) in [6, 6.07) is 0. The highest BCUT2D eigenvalue weighted by atomic mass is 16.6. The first-order valence-electron chi connectivity index (χ1n) is 11.5. The number of esters is 2. The molecule has 4 aliphatic carbocycles. The molecule has 168 valence electrons. The number of ether oxygens (including phenoxy) is 3. The minimum absolute atomic E-state index is 0.0350. The number of carbonyl (C=O) groups is 3. The Morgan fingerprint density at radius 1 is 1.19 bits per heavy atom. The maximum absolute atomic E-state index is 13.0. The van der Waals surface area contributed by atoms with Gasteiger partial charge in [0, 0.05) is 29.6 Å². The first kappa shape index (κ1) is 19.9. The fourth-order valence-corrected chi connectivity index (χ4v) is 8.70. The van der Waals surface area contributed by atoms with Gasteiger partial charge in [0.1, 0.15) is 17.3 Å². The average molecular weight is 430 g/mol. The molecule has 2 saturated heterocycles. The molecule has 2 aliphatic heterocycles. The first-order chi connectivity index (χ1) is 14.6. The Bertz CT molecular complexity index is 940. The second-order valence-electron chi connectivity index (χ2n) is 11.0. The maximum Gasteiger partial charge on any atom is 0.309 e. The Labute approximate surface area is 181 Å². The van der Waals surface area contributed by atoms with E-state index in [1.807, 2.05) is 6.92 Å². The summed E-state index contributed by atoms with van der Waals surface area (Å²) in [5, 5.41) is 11.7. The summed E-state index contributed by atoms with van der Waals surface area (Å²) >= 11 is 0. The van der Waals surface area contributed by atoms with Crippen LogP contribution in [0.2, 0.25) is 0 Å². The molecular weight excluding hydrogens is 400 g/mol. The van der Waals surface area contributed by atoms with Gasteiger partial charge >= 0.3 is 11.9 Å². The van der Waals surface area contributed by atoms with Crippen molar-refractivity contribution in [3.63, 3.8) is 0 Å². The van der Waals surface area contributed by atoms with Gasteiger partial charge in [-0.15, -0.1) is 0 Å². The number of epoxide rings is 1. The molecule has 2 spiro atoms. The SMILES string of the molecule is COC(=O)[C@@H]1CC2=CC(=O)CCC2(C)[C@@]23O[C@@H]2C(O)C2(C)C(CC[C@@]24CCC(=O)O4)C13. The molecule has 0 amide bonds. The van der Waals surface area contributed by atoms with Crippen LogP contribution in [0, 0.1) is 28.6 Å². The van der Waals surface area contributed by atoms with E-state index in [9.17, 15) is 19.5 Å². The highest BCUT2D eigenvalue weighted by Crippen LogP contribution is 2.78. The summed E-state index contributed by atoms with van der Waals surface area (Å²) in [5.74, 6) is -1.03. The van der Waals surface area contributed by atoms with E-state index < -0.39 is 40.2 Å². The van der Waals surface area contributed by atoms with E-state index in [1.165, 1.54) is 7.11 Å². The fourth-order valence-electron chi connectivity index (χ4n) is 8.70. The van der Waals surface area contributed by atoms with Crippen LogP contribution in [0.15, 0.2) is 11.6 Å². The van der Waals surface area contributed by atoms with Crippen molar-refractivity contribution in [2.75, 3.05) is 7.11 Å². The molecule has 0 aromatic carbocycles. The Kier molecular flexibility index (Phi) is 3.72. The van der Waals surface area contributed by atoms with Gasteiger partial charge in [0.05, 0.1) is 19.1 Å². The van der Waals surface area contributed by atoms with Crippen LogP contribution in [0.1, 0.15) is 58.8 Å². The van der Waals surface area contributed by atoms with Gasteiger partial charge in [-0.1, -0.05) is 19.4 Å². The zero-order valence-corrected chi connectivity index (χ0v) is 18.3. The lowest BCUT2D eigenvalue weighted by Crippen LogP contribution is -2.67. The third kappa shape index (κ3) is 2.02. The molecule has 31 heavy (non-hydrogen) atoms. The van der Waals surface area contributed by atoms with Gasteiger partial charge in [-0.2, -0.15) is 0 Å². The van der Waals surface area contributed by atoms with Crippen molar-refractivity contribution < 1.29 is 33.7 Å². The van der Waals surface area contributed by atoms with Crippen molar-refractivity contribution in [1.82, 2.24) is 0 Å². The largest absolute Gasteiger partial charge is 0.469 e. The number of carbonyl (C=O) groups excluding carboxylic acids is 3. The number of ketones is 1. The molecule has 0 aromatic heterocycles. The number of rotatable bonds is 1. The number of aliphatic hydroxyl groups excluding tert-OH is 1. The molecule has 1 N–H and O–H groups in total. The number of aliphatic hydroxyl groups is 1. The van der Waals surface area contributed by atoms with Crippen molar-refractivity contribution in [2.24, 2.45) is 28.6 Å². The third-order valence-electron chi connectivity index (χ3n) is 10.3. The van der Waals surface area contributed by atoms with Gasteiger partial charge in [-0.3, -0.25) is 14.4 Å². The standard InChI is InChI=1S/C24H30O7/c1-21-7-4-13(25)10-12(21)11-14(20(28)29-3)17-15-5-8-23(9-6-16(26)30-23)22(15,2)18(27)19-24(17,21)31-19/h10,14-15,17-19,27H,4-9,11H2,1-3H3/t14-,15?,17?,18?,19-,21?,22?,23-,24+/m1/s1. The lowest BCUT2D eigenvalue weighted by atomic mass is 9.43. The van der Waals surface area contributed by atoms with E-state index in [-0.39, 0.29) is 29.6 Å². The van der Waals surface area contributed by atoms with Crippen molar-refractivity contribution in [2.45, 2.75) is 82.2 Å². The summed E-state index contributed by atoms with van der Waals surface area (Å²) in [6.07, 6.45) is 4.49. The molecule has 5 unspecified atom stereocenters. The topological polar surface area (TPSA) is 102 Å². The second-order valence-corrected chi connectivity index (χ2v) is 11.0. The number of hydrogen-bond acceptors (Lipinski definition) is 7. The maximum atomic E-state index is 13.0. The molecule has 9 atom stereocenters. The van der Waals surface area contributed by atoms with Gasteiger partial charge < -0.3 is 19.3 Å². The molecule has 3 saturated carbocycles. The summed E-state index contributed by atoms with van der Waals surface area (Å²) in [5.41, 5.74) is -1.51. The molecule has 7 nitrogen and oxygen atoms in total. The van der Waals surface area contributed by atoms with Gasteiger partial charge in [-0.25, -0.2) is 0 Å². The van der Waals surface area contributed by atoms with Crippen molar-refractivity contribution in [1.29, 1.82) is 0 Å². The van der Waals surface area contributed by atoms with Gasteiger partial charge in [-0.05, 0) is 44.1 Å². The second kappa shape index (κ2) is 5.79. The van der Waals surface area contributed by atoms with Crippen molar-refractivity contribution >= 4 is 17.7 Å². The normalized spacial score (nSPS) is 54.3. The smallest absolute Gasteiger partial charge is 0.309 e. The van der Waals surface area contributed by atoms with Crippen LogP contribution in [-0.4, -0.2) is 53.3 Å². The summed E-state index contributed by atoms with van der Waals surface area (Å²) in [6.45, 7) is 4.17. The minimum atomic E-state index is -0.797. The highest BCUT2D eigenvalue weighted by Gasteiger charge is 2.86. The van der Waals surface area contributed by atoms with Crippen LogP contribution in [0.5, 0.6) is 0 Å². The van der Waals surface area contributed by atoms with Crippen LogP contribution in [0.4, 0.5) is 0 Å². The van der Waals surface area contributed by atoms with Gasteiger partial charge in [0.25, 0.3) is 0 Å². The molecule has 7 heteroatoms. The van der Waals surface area contributed by atoms with Crippen LogP contribution >= 0.6 is 0 Å². The summed E-state index contributed by atoms with van der Waals surface area (Å²) < 4.78 is 17.7. The quantitative estimate of drug-likeness (QED) is 0.502. The van der Waals surface area contributed by atoms with Crippen LogP contribution in [0.3, 0.4) is 0 Å². The van der Waals surface area contributed by atoms with Crippen molar-refractivity contribution in [3.05, 3.63) is 11.6 Å². The molecule has 0 radical (unpaired) electrons. The Hall–Kier alpha value is -1.73. The molecular formula is C24H30O7. The van der Waals surface area contributed by atoms with E-state index >= 15 is 0 Å². The highest BCUT2D eigenvalue weighted by molar-refractivity contribution is 5.92. The molecule has 2 heterocycles. The van der Waals surface area contributed by atoms with Crippen LogP contribution < -0.4 is 0 Å². The molecule has 6 aliphatic rings. The predicted molar refractivity (Wildman–Crippen MR) is 107 cm³/mol. The molecule has 0 bridgehead atoms. The lowest BCUT2D eigenvalue weighted by Gasteiger charge is -2.59.